The van der Waals surface area contributed by atoms with E-state index in [9.17, 15) is 19.1 Å². The van der Waals surface area contributed by atoms with Gasteiger partial charge in [-0.05, 0) is 36.8 Å². The average Bonchev–Trinajstić information content (AvgIpc) is 3.32. The summed E-state index contributed by atoms with van der Waals surface area (Å²) in [7, 11) is 3.99. The summed E-state index contributed by atoms with van der Waals surface area (Å²) in [5, 5.41) is 18.0. The van der Waals surface area contributed by atoms with Gasteiger partial charge in [0.1, 0.15) is 5.82 Å². The molecule has 0 saturated carbocycles. The fourth-order valence-corrected chi connectivity index (χ4v) is 4.33. The molecule has 1 aromatic heterocycles. The Labute approximate surface area is 197 Å². The number of ketones is 1. The molecule has 2 heterocycles. The number of hydrogen-bond donors (Lipinski definition) is 1. The number of Topliss-reactive ketones (excluding diaryl/α,β-unsaturated/α-hetero) is 1. The van der Waals surface area contributed by atoms with Crippen molar-refractivity contribution in [1.29, 1.82) is 0 Å². The van der Waals surface area contributed by atoms with Crippen molar-refractivity contribution in [2.45, 2.75) is 19.4 Å². The third-order valence-corrected chi connectivity index (χ3v) is 6.02. The molecule has 1 aliphatic heterocycles. The molecule has 1 saturated heterocycles. The molecular formula is C26H27FN4O3. The molecule has 34 heavy (non-hydrogen) atoms. The van der Waals surface area contributed by atoms with Gasteiger partial charge in [0.15, 0.2) is 0 Å². The highest BCUT2D eigenvalue weighted by Gasteiger charge is 2.44. The highest BCUT2D eigenvalue weighted by molar-refractivity contribution is 6.46. The van der Waals surface area contributed by atoms with E-state index in [1.165, 1.54) is 34.2 Å². The second-order valence-electron chi connectivity index (χ2n) is 8.73. The van der Waals surface area contributed by atoms with Crippen molar-refractivity contribution in [3.8, 4) is 5.69 Å². The van der Waals surface area contributed by atoms with Crippen molar-refractivity contribution in [3.05, 3.63) is 89.0 Å². The van der Waals surface area contributed by atoms with Gasteiger partial charge in [0.05, 0.1) is 38.6 Å². The van der Waals surface area contributed by atoms with Crippen LogP contribution >= 0.6 is 0 Å². The fraction of sp³-hybridized carbons (Fsp3) is 0.269. The van der Waals surface area contributed by atoms with E-state index in [4.69, 9.17) is 0 Å². The first-order chi connectivity index (χ1) is 16.3. The Balaban J connectivity index is 1.81. The third-order valence-electron chi connectivity index (χ3n) is 6.02. The zero-order chi connectivity index (χ0) is 24.4. The minimum Gasteiger partial charge on any atom is -0.872 e. The number of aromatic nitrogens is 2. The molecule has 1 atom stereocenters. The van der Waals surface area contributed by atoms with Gasteiger partial charge >= 0.3 is 0 Å². The lowest BCUT2D eigenvalue weighted by atomic mass is 9.95. The van der Waals surface area contributed by atoms with Crippen LogP contribution in [0.1, 0.15) is 29.3 Å². The second-order valence-corrected chi connectivity index (χ2v) is 8.73. The number of halogens is 1. The summed E-state index contributed by atoms with van der Waals surface area (Å²) in [5.41, 5.74) is 1.79. The average molecular weight is 463 g/mol. The van der Waals surface area contributed by atoms with Crippen molar-refractivity contribution in [3.63, 3.8) is 0 Å². The summed E-state index contributed by atoms with van der Waals surface area (Å²) in [5.74, 6) is -2.64. The summed E-state index contributed by atoms with van der Waals surface area (Å²) >= 11 is 0. The van der Waals surface area contributed by atoms with Crippen LogP contribution < -0.4 is 10.0 Å². The standard InChI is InChI=1S/C26H27FN4O3/c1-17-21(16-28-31(17)20-11-5-4-6-12-20)24(32)22-23(18-9-7-10-19(27)15-18)30(26(34)25(22)33)14-8-13-29(2)3/h4-7,9-12,15-16,23,32H,8,13-14H2,1-3H3. The lowest BCUT2D eigenvalue weighted by Gasteiger charge is -2.27. The Bertz CT molecular complexity index is 1250. The summed E-state index contributed by atoms with van der Waals surface area (Å²) in [6.07, 6.45) is 2.05. The van der Waals surface area contributed by atoms with E-state index in [-0.39, 0.29) is 17.7 Å². The largest absolute Gasteiger partial charge is 0.872 e. The van der Waals surface area contributed by atoms with Crippen molar-refractivity contribution >= 4 is 17.4 Å². The lowest BCUT2D eigenvalue weighted by Crippen LogP contribution is -3.05. The van der Waals surface area contributed by atoms with Crippen LogP contribution in [0.5, 0.6) is 0 Å². The van der Waals surface area contributed by atoms with Gasteiger partial charge in [-0.25, -0.2) is 9.07 Å². The minimum absolute atomic E-state index is 0.163. The molecule has 8 heteroatoms. The number of rotatable bonds is 7. The molecule has 3 aromatic rings. The van der Waals surface area contributed by atoms with Crippen molar-refractivity contribution < 1.29 is 24.0 Å². The monoisotopic (exact) mass is 462 g/mol. The Morgan fingerprint density at radius 1 is 1.12 bits per heavy atom. The van der Waals surface area contributed by atoms with Gasteiger partial charge in [-0.2, -0.15) is 5.10 Å². The van der Waals surface area contributed by atoms with Crippen LogP contribution in [-0.2, 0) is 9.59 Å². The zero-order valence-corrected chi connectivity index (χ0v) is 19.4. The topological polar surface area (TPSA) is 82.7 Å². The molecule has 1 fully saturated rings. The maximum absolute atomic E-state index is 14.1. The predicted molar refractivity (Wildman–Crippen MR) is 123 cm³/mol. The van der Waals surface area contributed by atoms with Crippen LogP contribution in [-0.4, -0.2) is 53.6 Å². The van der Waals surface area contributed by atoms with Crippen LogP contribution in [0.25, 0.3) is 11.4 Å². The zero-order valence-electron chi connectivity index (χ0n) is 19.4. The van der Waals surface area contributed by atoms with Crippen LogP contribution in [0.4, 0.5) is 4.39 Å². The van der Waals surface area contributed by atoms with Gasteiger partial charge in [0.2, 0.25) is 5.78 Å². The molecule has 1 amide bonds. The van der Waals surface area contributed by atoms with Gasteiger partial charge in [-0.15, -0.1) is 0 Å². The number of carbonyl (C=O) groups is 2. The number of quaternary nitrogens is 1. The summed E-state index contributed by atoms with van der Waals surface area (Å²) in [6.45, 7) is 2.81. The van der Waals surface area contributed by atoms with Crippen LogP contribution in [0.3, 0.4) is 0 Å². The van der Waals surface area contributed by atoms with Gasteiger partial charge in [-0.1, -0.05) is 36.1 Å². The number of para-hydroxylation sites is 1. The van der Waals surface area contributed by atoms with Crippen LogP contribution in [0.15, 0.2) is 66.4 Å². The molecule has 1 N–H and O–H groups in total. The van der Waals surface area contributed by atoms with E-state index in [1.807, 2.05) is 44.4 Å². The van der Waals surface area contributed by atoms with Crippen LogP contribution in [0.2, 0.25) is 0 Å². The highest BCUT2D eigenvalue weighted by atomic mass is 19.1. The molecule has 176 valence electrons. The Morgan fingerprint density at radius 2 is 1.85 bits per heavy atom. The summed E-state index contributed by atoms with van der Waals surface area (Å²) in [4.78, 5) is 28.7. The van der Waals surface area contributed by atoms with E-state index in [2.05, 4.69) is 5.10 Å². The minimum atomic E-state index is -0.945. The molecule has 0 radical (unpaired) electrons. The Hall–Kier alpha value is -3.78. The first-order valence-electron chi connectivity index (χ1n) is 11.2. The number of nitrogens with zero attached hydrogens (tertiary/aromatic N) is 3. The predicted octanol–water partition coefficient (Wildman–Crippen LogP) is 1.08. The van der Waals surface area contributed by atoms with E-state index in [0.29, 0.717) is 17.7 Å². The number of amides is 1. The van der Waals surface area contributed by atoms with E-state index < -0.39 is 29.3 Å². The molecule has 0 aliphatic carbocycles. The molecule has 0 spiro atoms. The van der Waals surface area contributed by atoms with E-state index in [0.717, 1.165) is 12.2 Å². The van der Waals surface area contributed by atoms with E-state index in [1.54, 1.807) is 17.7 Å². The highest BCUT2D eigenvalue weighted by Crippen LogP contribution is 2.39. The summed E-state index contributed by atoms with van der Waals surface area (Å²) in [6, 6.07) is 14.1. The molecule has 1 aliphatic rings. The van der Waals surface area contributed by atoms with Gasteiger partial charge < -0.3 is 14.9 Å². The lowest BCUT2D eigenvalue weighted by molar-refractivity contribution is -0.858. The molecule has 0 bridgehead atoms. The SMILES string of the molecule is Cc1c(C([O-])=C2C(=O)C(=O)N(CCC[NH+](C)C)C2c2cccc(F)c2)cnn1-c1ccccc1. The number of nitrogens with one attached hydrogen (secondary N) is 1. The van der Waals surface area contributed by atoms with Crippen molar-refractivity contribution in [1.82, 2.24) is 14.7 Å². The van der Waals surface area contributed by atoms with Crippen molar-refractivity contribution in [2.75, 3.05) is 27.2 Å². The summed E-state index contributed by atoms with van der Waals surface area (Å²) < 4.78 is 15.7. The normalized spacial score (nSPS) is 17.7. The molecule has 4 rings (SSSR count). The number of likely N-dealkylation sites (tertiary alicyclic amines) is 1. The van der Waals surface area contributed by atoms with Gasteiger partial charge in [0.25, 0.3) is 5.91 Å². The number of carbonyl (C=O) groups excluding carboxylic acids is 2. The first-order valence-corrected chi connectivity index (χ1v) is 11.2. The van der Waals surface area contributed by atoms with Gasteiger partial charge in [-0.3, -0.25) is 9.59 Å². The molecule has 7 nitrogen and oxygen atoms in total. The maximum Gasteiger partial charge on any atom is 0.295 e. The Morgan fingerprint density at radius 3 is 2.53 bits per heavy atom. The quantitative estimate of drug-likeness (QED) is 0.324. The smallest absolute Gasteiger partial charge is 0.295 e. The third kappa shape index (κ3) is 4.36. The molecule has 1 unspecified atom stereocenters. The second kappa shape index (κ2) is 9.61. The number of benzene rings is 2. The molecular weight excluding hydrogens is 435 g/mol. The fourth-order valence-electron chi connectivity index (χ4n) is 4.33. The van der Waals surface area contributed by atoms with E-state index >= 15 is 0 Å². The van der Waals surface area contributed by atoms with Gasteiger partial charge in [0, 0.05) is 29.8 Å². The first kappa shape index (κ1) is 23.4. The number of hydrogen-bond acceptors (Lipinski definition) is 4. The maximum atomic E-state index is 14.1. The van der Waals surface area contributed by atoms with Crippen molar-refractivity contribution in [2.24, 2.45) is 0 Å². The van der Waals surface area contributed by atoms with Crippen LogP contribution in [0, 0.1) is 12.7 Å². The molecule has 2 aromatic carbocycles. The Kier molecular flexibility index (Phi) is 6.61.